The minimum Gasteiger partial charge on any atom is -0.380 e. The molecule has 1 aromatic carbocycles. The van der Waals surface area contributed by atoms with Crippen LogP contribution in [0.4, 0.5) is 4.39 Å². The summed E-state index contributed by atoms with van der Waals surface area (Å²) in [5, 5.41) is 0. The normalized spacial score (nSPS) is 18.4. The Bertz CT molecular complexity index is 487. The second-order valence-corrected chi connectivity index (χ2v) is 4.74. The highest BCUT2D eigenvalue weighted by Crippen LogP contribution is 2.16. The van der Waals surface area contributed by atoms with Crippen LogP contribution in [0.2, 0.25) is 0 Å². The van der Waals surface area contributed by atoms with Gasteiger partial charge in [-0.3, -0.25) is 4.90 Å². The van der Waals surface area contributed by atoms with E-state index in [4.69, 9.17) is 10.5 Å². The second-order valence-electron chi connectivity index (χ2n) is 4.74. The Hall–Kier alpha value is -1.41. The van der Waals surface area contributed by atoms with Gasteiger partial charge in [0.15, 0.2) is 0 Å². The molecule has 0 aliphatic carbocycles. The Morgan fingerprint density at radius 2 is 2.37 bits per heavy atom. The first-order valence-corrected chi connectivity index (χ1v) is 6.46. The molecule has 1 fully saturated rings. The fraction of sp³-hybridized carbons (Fsp3) is 0.467. The monoisotopic (exact) mass is 262 g/mol. The van der Waals surface area contributed by atoms with Crippen LogP contribution in [-0.4, -0.2) is 37.7 Å². The molecule has 1 saturated heterocycles. The summed E-state index contributed by atoms with van der Waals surface area (Å²) in [5.41, 5.74) is 6.65. The molecule has 4 heteroatoms. The maximum Gasteiger partial charge on any atom is 0.128 e. The van der Waals surface area contributed by atoms with E-state index in [2.05, 4.69) is 16.7 Å². The second kappa shape index (κ2) is 6.67. The Morgan fingerprint density at radius 3 is 3.00 bits per heavy atom. The van der Waals surface area contributed by atoms with Crippen molar-refractivity contribution in [1.29, 1.82) is 0 Å². The van der Waals surface area contributed by atoms with Gasteiger partial charge in [-0.15, -0.1) is 0 Å². The Kier molecular flexibility index (Phi) is 4.92. The van der Waals surface area contributed by atoms with Crippen molar-refractivity contribution in [2.24, 2.45) is 5.73 Å². The van der Waals surface area contributed by atoms with Gasteiger partial charge in [-0.25, -0.2) is 4.39 Å². The number of rotatable bonds is 3. The predicted molar refractivity (Wildman–Crippen MR) is 73.0 cm³/mol. The van der Waals surface area contributed by atoms with Crippen molar-refractivity contribution in [3.05, 3.63) is 35.1 Å². The van der Waals surface area contributed by atoms with Gasteiger partial charge >= 0.3 is 0 Å². The highest BCUT2D eigenvalue weighted by atomic mass is 19.1. The van der Waals surface area contributed by atoms with Crippen LogP contribution in [0, 0.1) is 17.7 Å². The quantitative estimate of drug-likeness (QED) is 0.836. The highest BCUT2D eigenvalue weighted by molar-refractivity contribution is 5.37. The third kappa shape index (κ3) is 3.77. The lowest BCUT2D eigenvalue weighted by molar-refractivity contribution is 0.155. The number of hydrogen-bond donors (Lipinski definition) is 1. The fourth-order valence-electron chi connectivity index (χ4n) is 2.17. The van der Waals surface area contributed by atoms with Crippen LogP contribution in [0.25, 0.3) is 0 Å². The summed E-state index contributed by atoms with van der Waals surface area (Å²) in [4.78, 5) is 2.14. The van der Waals surface area contributed by atoms with Crippen LogP contribution in [0.1, 0.15) is 17.5 Å². The van der Waals surface area contributed by atoms with E-state index in [-0.39, 0.29) is 12.4 Å². The number of nitrogens with zero attached hydrogens (tertiary/aromatic N) is 1. The number of hydrogen-bond acceptors (Lipinski definition) is 3. The van der Waals surface area contributed by atoms with Crippen molar-refractivity contribution in [3.8, 4) is 11.8 Å². The summed E-state index contributed by atoms with van der Waals surface area (Å²) in [5.74, 6) is 5.34. The molecule has 2 N–H and O–H groups in total. The van der Waals surface area contributed by atoms with Crippen LogP contribution < -0.4 is 5.73 Å². The van der Waals surface area contributed by atoms with Crippen molar-refractivity contribution in [2.75, 3.05) is 26.8 Å². The fourth-order valence-corrected chi connectivity index (χ4v) is 2.17. The molecule has 1 heterocycles. The van der Waals surface area contributed by atoms with Gasteiger partial charge in [0.1, 0.15) is 5.82 Å². The number of benzene rings is 1. The van der Waals surface area contributed by atoms with Gasteiger partial charge < -0.3 is 10.5 Å². The molecule has 1 aliphatic rings. The van der Waals surface area contributed by atoms with Gasteiger partial charge in [-0.05, 0) is 25.6 Å². The molecule has 1 unspecified atom stereocenters. The molecular formula is C15H19FN2O. The average molecular weight is 262 g/mol. The largest absolute Gasteiger partial charge is 0.380 e. The van der Waals surface area contributed by atoms with Crippen molar-refractivity contribution in [3.63, 3.8) is 0 Å². The first-order valence-electron chi connectivity index (χ1n) is 6.46. The van der Waals surface area contributed by atoms with Crippen LogP contribution in [0.15, 0.2) is 18.2 Å². The number of likely N-dealkylation sites (N-methyl/N-ethyl adjacent to an activating group) is 1. The molecule has 1 aromatic rings. The van der Waals surface area contributed by atoms with E-state index >= 15 is 0 Å². The van der Waals surface area contributed by atoms with Crippen LogP contribution in [0.3, 0.4) is 0 Å². The molecule has 0 radical (unpaired) electrons. The summed E-state index contributed by atoms with van der Waals surface area (Å²) < 4.78 is 19.3. The summed E-state index contributed by atoms with van der Waals surface area (Å²) in [7, 11) is 2.00. The molecule has 19 heavy (non-hydrogen) atoms. The third-order valence-corrected chi connectivity index (χ3v) is 3.34. The number of nitrogens with two attached hydrogens (primary N) is 1. The topological polar surface area (TPSA) is 38.5 Å². The molecule has 0 bridgehead atoms. The van der Waals surface area contributed by atoms with Crippen LogP contribution in [0.5, 0.6) is 0 Å². The van der Waals surface area contributed by atoms with Crippen LogP contribution >= 0.6 is 0 Å². The third-order valence-electron chi connectivity index (χ3n) is 3.34. The minimum atomic E-state index is -0.213. The van der Waals surface area contributed by atoms with E-state index in [1.54, 1.807) is 6.07 Å². The lowest BCUT2D eigenvalue weighted by Gasteiger charge is -2.23. The average Bonchev–Trinajstić information content (AvgIpc) is 2.93. The summed E-state index contributed by atoms with van der Waals surface area (Å²) in [6, 6.07) is 5.48. The molecule has 0 spiro atoms. The van der Waals surface area contributed by atoms with Crippen molar-refractivity contribution in [2.45, 2.75) is 19.0 Å². The van der Waals surface area contributed by atoms with Gasteiger partial charge in [0.2, 0.25) is 0 Å². The van der Waals surface area contributed by atoms with E-state index in [1.807, 2.05) is 13.1 Å². The Morgan fingerprint density at radius 1 is 1.53 bits per heavy atom. The van der Waals surface area contributed by atoms with E-state index in [9.17, 15) is 4.39 Å². The molecular weight excluding hydrogens is 243 g/mol. The van der Waals surface area contributed by atoms with E-state index in [0.717, 1.165) is 19.6 Å². The number of ether oxygens (including phenoxy) is 1. The van der Waals surface area contributed by atoms with E-state index < -0.39 is 0 Å². The SMILES string of the molecule is CN(Cc1ccc(C#CCN)cc1F)C1CCOC1. The Labute approximate surface area is 113 Å². The van der Waals surface area contributed by atoms with Gasteiger partial charge in [-0.2, -0.15) is 0 Å². The first-order chi connectivity index (χ1) is 9.20. The lowest BCUT2D eigenvalue weighted by Crippen LogP contribution is -2.31. The molecule has 0 amide bonds. The van der Waals surface area contributed by atoms with E-state index in [0.29, 0.717) is 23.7 Å². The van der Waals surface area contributed by atoms with Gasteiger partial charge in [0.05, 0.1) is 13.2 Å². The predicted octanol–water partition coefficient (Wildman–Crippen LogP) is 1.36. The molecule has 0 saturated carbocycles. The molecule has 102 valence electrons. The highest BCUT2D eigenvalue weighted by Gasteiger charge is 2.20. The maximum absolute atomic E-state index is 14.0. The summed E-state index contributed by atoms with van der Waals surface area (Å²) in [6.07, 6.45) is 1.01. The van der Waals surface area contributed by atoms with Crippen molar-refractivity contribution < 1.29 is 9.13 Å². The van der Waals surface area contributed by atoms with E-state index in [1.165, 1.54) is 6.07 Å². The smallest absolute Gasteiger partial charge is 0.128 e. The zero-order valence-corrected chi connectivity index (χ0v) is 11.2. The van der Waals surface area contributed by atoms with Crippen molar-refractivity contribution in [1.82, 2.24) is 4.90 Å². The van der Waals surface area contributed by atoms with Crippen molar-refractivity contribution >= 4 is 0 Å². The zero-order valence-electron chi connectivity index (χ0n) is 11.2. The first kappa shape index (κ1) is 14.0. The summed E-state index contributed by atoms with van der Waals surface area (Å²) >= 11 is 0. The minimum absolute atomic E-state index is 0.213. The molecule has 2 rings (SSSR count). The van der Waals surface area contributed by atoms with Gasteiger partial charge in [-0.1, -0.05) is 17.9 Å². The standard InChI is InChI=1S/C15H19FN2O/c1-18(14-6-8-19-11-14)10-13-5-4-12(3-2-7-17)9-15(13)16/h4-5,9,14H,6-8,10-11,17H2,1H3. The van der Waals surface area contributed by atoms with Gasteiger partial charge in [0.25, 0.3) is 0 Å². The molecule has 3 nitrogen and oxygen atoms in total. The Balaban J connectivity index is 2.04. The molecule has 1 atom stereocenters. The molecule has 1 aliphatic heterocycles. The maximum atomic E-state index is 14.0. The lowest BCUT2D eigenvalue weighted by atomic mass is 10.1. The molecule has 0 aromatic heterocycles. The van der Waals surface area contributed by atoms with Gasteiger partial charge in [0, 0.05) is 30.3 Å². The zero-order chi connectivity index (χ0) is 13.7. The number of halogens is 1. The van der Waals surface area contributed by atoms with Crippen LogP contribution in [-0.2, 0) is 11.3 Å². The summed E-state index contributed by atoms with van der Waals surface area (Å²) in [6.45, 7) is 2.40.